The molecular formula is C16H21FeN-6. The average Bonchev–Trinajstić information content (AvgIpc) is 3.01. The summed E-state index contributed by atoms with van der Waals surface area (Å²) >= 11 is 0. The molecule has 0 bridgehead atoms. The topological polar surface area (TPSA) is 3.24 Å². The monoisotopic (exact) mass is 283 g/mol. The Balaban J connectivity index is 0.000000405. The fraction of sp³-hybridized carbons (Fsp3) is 0.250. The van der Waals surface area contributed by atoms with Crippen LogP contribution in [0.4, 0.5) is 0 Å². The Kier molecular flexibility index (Phi) is 8.39. The first-order chi connectivity index (χ1) is 8.13. The number of nitrogens with zero attached hydrogens (tertiary/aromatic N) is 1. The fourth-order valence-electron chi connectivity index (χ4n) is 1.46. The van der Waals surface area contributed by atoms with Crippen LogP contribution in [0.25, 0.3) is 5.57 Å². The zero-order valence-electron chi connectivity index (χ0n) is 11.3. The molecule has 0 N–H and O–H groups in total. The minimum atomic E-state index is 0. The van der Waals surface area contributed by atoms with Gasteiger partial charge in [0, 0.05) is 23.1 Å². The van der Waals surface area contributed by atoms with Gasteiger partial charge in [-0.3, -0.25) is 0 Å². The van der Waals surface area contributed by atoms with Gasteiger partial charge in [-0.15, -0.1) is 23.3 Å². The van der Waals surface area contributed by atoms with E-state index in [2.05, 4.69) is 44.6 Å². The molecular weight excluding hydrogens is 262 g/mol. The van der Waals surface area contributed by atoms with Crippen LogP contribution in [0.5, 0.6) is 0 Å². The molecule has 0 saturated carbocycles. The fourth-order valence-corrected chi connectivity index (χ4v) is 1.46. The van der Waals surface area contributed by atoms with E-state index in [4.69, 9.17) is 0 Å². The van der Waals surface area contributed by atoms with Crippen LogP contribution >= 0.6 is 0 Å². The molecule has 2 aromatic carbocycles. The Morgan fingerprint density at radius 1 is 1.06 bits per heavy atom. The van der Waals surface area contributed by atoms with Crippen LogP contribution in [0.1, 0.15) is 12.5 Å². The second-order valence-electron chi connectivity index (χ2n) is 4.30. The second kappa shape index (κ2) is 8.93. The molecule has 1 unspecified atom stereocenters. The number of hydrogen-bond donors (Lipinski definition) is 0. The molecule has 0 aromatic heterocycles. The van der Waals surface area contributed by atoms with Crippen molar-refractivity contribution >= 4 is 5.57 Å². The third kappa shape index (κ3) is 5.50. The first-order valence-corrected chi connectivity index (χ1v) is 5.87. The number of rotatable bonds is 3. The van der Waals surface area contributed by atoms with Gasteiger partial charge in [0.15, 0.2) is 0 Å². The maximum atomic E-state index is 4.08. The van der Waals surface area contributed by atoms with Gasteiger partial charge in [-0.25, -0.2) is 0 Å². The molecule has 104 valence electrons. The quantitative estimate of drug-likeness (QED) is 0.612. The van der Waals surface area contributed by atoms with Crippen LogP contribution in [0.3, 0.4) is 0 Å². The molecule has 0 saturated heterocycles. The van der Waals surface area contributed by atoms with Crippen molar-refractivity contribution in [2.24, 2.45) is 0 Å². The molecule has 0 aliphatic heterocycles. The summed E-state index contributed by atoms with van der Waals surface area (Å²) in [5, 5.41) is 0. The summed E-state index contributed by atoms with van der Waals surface area (Å²) in [7, 11) is 4.14. The molecule has 1 atom stereocenters. The van der Waals surface area contributed by atoms with E-state index in [9.17, 15) is 0 Å². The van der Waals surface area contributed by atoms with Gasteiger partial charge in [0.1, 0.15) is 0 Å². The van der Waals surface area contributed by atoms with Gasteiger partial charge >= 0.3 is 0 Å². The average molecular weight is 283 g/mol. The van der Waals surface area contributed by atoms with Crippen LogP contribution in [0.2, 0.25) is 0 Å². The maximum absolute atomic E-state index is 4.08. The molecule has 18 heavy (non-hydrogen) atoms. The van der Waals surface area contributed by atoms with E-state index in [1.807, 2.05) is 42.5 Å². The smallest absolute Gasteiger partial charge is 0.0145 e. The van der Waals surface area contributed by atoms with E-state index in [0.29, 0.717) is 6.04 Å². The van der Waals surface area contributed by atoms with Crippen molar-refractivity contribution in [1.82, 2.24) is 4.90 Å². The predicted molar refractivity (Wildman–Crippen MR) is 76.3 cm³/mol. The Labute approximate surface area is 121 Å². The first-order valence-electron chi connectivity index (χ1n) is 5.87. The van der Waals surface area contributed by atoms with Crippen LogP contribution < -0.4 is 0 Å². The molecule has 0 spiro atoms. The van der Waals surface area contributed by atoms with Crippen LogP contribution in [-0.2, 0) is 17.1 Å². The summed E-state index contributed by atoms with van der Waals surface area (Å²) < 4.78 is 0. The molecule has 0 amide bonds. The summed E-state index contributed by atoms with van der Waals surface area (Å²) in [6.07, 6.45) is 0. The van der Waals surface area contributed by atoms with Crippen molar-refractivity contribution in [3.05, 3.63) is 66.7 Å². The normalized spacial score (nSPS) is 11.1. The van der Waals surface area contributed by atoms with E-state index in [-0.39, 0.29) is 17.1 Å². The largest absolute Gasteiger partial charge is 0.748 e. The van der Waals surface area contributed by atoms with Gasteiger partial charge in [0.2, 0.25) is 0 Å². The zero-order chi connectivity index (χ0) is 12.7. The van der Waals surface area contributed by atoms with Crippen molar-refractivity contribution in [3.63, 3.8) is 0 Å². The van der Waals surface area contributed by atoms with Gasteiger partial charge in [-0.05, 0) is 21.0 Å². The third-order valence-electron chi connectivity index (χ3n) is 2.87. The van der Waals surface area contributed by atoms with Crippen LogP contribution in [-0.4, -0.2) is 25.0 Å². The van der Waals surface area contributed by atoms with Gasteiger partial charge < -0.3 is 35.2 Å². The summed E-state index contributed by atoms with van der Waals surface area (Å²) in [5.41, 5.74) is 2.43. The maximum Gasteiger partial charge on any atom is 0.0145 e. The molecule has 2 rings (SSSR count). The van der Waals surface area contributed by atoms with Gasteiger partial charge in [0.05, 0.1) is 0 Å². The Morgan fingerprint density at radius 3 is 1.78 bits per heavy atom. The number of likely N-dealkylation sites (N-methyl/N-ethyl adjacent to an activating group) is 1. The van der Waals surface area contributed by atoms with E-state index < -0.39 is 0 Å². The van der Waals surface area contributed by atoms with E-state index in [1.54, 1.807) is 0 Å². The van der Waals surface area contributed by atoms with Crippen molar-refractivity contribution in [2.75, 3.05) is 14.1 Å². The summed E-state index contributed by atoms with van der Waals surface area (Å²) in [4.78, 5) is 2.16. The first kappa shape index (κ1) is 16.9. The molecule has 2 aromatic rings. The van der Waals surface area contributed by atoms with Crippen LogP contribution in [0, 0.1) is 0 Å². The SMILES string of the molecule is C=C([c-]1cccc1)C(C)N(C)C.[Fe].[cH-]1[cH-][cH-][cH-][cH-]1. The Morgan fingerprint density at radius 2 is 1.44 bits per heavy atom. The molecule has 0 radical (unpaired) electrons. The van der Waals surface area contributed by atoms with E-state index in [1.165, 1.54) is 11.1 Å². The second-order valence-corrected chi connectivity index (χ2v) is 4.30. The molecule has 1 nitrogen and oxygen atoms in total. The molecule has 0 aliphatic carbocycles. The zero-order valence-corrected chi connectivity index (χ0v) is 12.4. The van der Waals surface area contributed by atoms with Gasteiger partial charge in [-0.2, -0.15) is 18.7 Å². The van der Waals surface area contributed by atoms with Crippen molar-refractivity contribution in [2.45, 2.75) is 13.0 Å². The number of hydrogen-bond acceptors (Lipinski definition) is 1. The summed E-state index contributed by atoms with van der Waals surface area (Å²) in [6, 6.07) is 18.7. The molecule has 0 fully saturated rings. The molecule has 0 heterocycles. The standard InChI is InChI=1S/C11H16N.C5H5.Fe/c1-9(10(2)12(3)4)11-7-5-6-8-11;1-2-4-5-3-1;/h5-8,10H,1H2,2-4H3;1-5H;/q-1;-5;. The van der Waals surface area contributed by atoms with E-state index in [0.717, 1.165) is 0 Å². The molecule has 0 aliphatic rings. The minimum absolute atomic E-state index is 0. The minimum Gasteiger partial charge on any atom is -0.748 e. The summed E-state index contributed by atoms with van der Waals surface area (Å²) in [5.74, 6) is 0. The predicted octanol–water partition coefficient (Wildman–Crippen LogP) is 3.77. The Hall–Kier alpha value is -1.08. The van der Waals surface area contributed by atoms with Crippen molar-refractivity contribution in [1.29, 1.82) is 0 Å². The van der Waals surface area contributed by atoms with Crippen LogP contribution in [0.15, 0.2) is 61.2 Å². The summed E-state index contributed by atoms with van der Waals surface area (Å²) in [6.45, 7) is 6.24. The van der Waals surface area contributed by atoms with Gasteiger partial charge in [-0.1, -0.05) is 0 Å². The van der Waals surface area contributed by atoms with Crippen molar-refractivity contribution < 1.29 is 17.1 Å². The van der Waals surface area contributed by atoms with Crippen molar-refractivity contribution in [3.8, 4) is 0 Å². The third-order valence-corrected chi connectivity index (χ3v) is 2.87. The van der Waals surface area contributed by atoms with Gasteiger partial charge in [0.25, 0.3) is 0 Å². The van der Waals surface area contributed by atoms with E-state index >= 15 is 0 Å². The Bertz CT molecular complexity index is 381. The molecule has 2 heteroatoms.